The average molecular weight is 368 g/mol. The van der Waals surface area contributed by atoms with E-state index < -0.39 is 5.91 Å². The molecule has 0 unspecified atom stereocenters. The molecule has 2 amide bonds. The second-order valence-electron chi connectivity index (χ2n) is 5.86. The van der Waals surface area contributed by atoms with Crippen LogP contribution in [0.1, 0.15) is 29.8 Å². The van der Waals surface area contributed by atoms with E-state index in [4.69, 9.17) is 11.6 Å². The maximum atomic E-state index is 12.3. The topological polar surface area (TPSA) is 82.0 Å². The summed E-state index contributed by atoms with van der Waals surface area (Å²) < 4.78 is 0. The first-order chi connectivity index (χ1) is 12.4. The molecule has 0 saturated heterocycles. The van der Waals surface area contributed by atoms with Crippen LogP contribution in [0.3, 0.4) is 0 Å². The Hall–Kier alpha value is -3.10. The molecule has 132 valence electrons. The number of hydrogen-bond acceptors (Lipinski definition) is 3. The average Bonchev–Trinajstić information content (AvgIpc) is 2.59. The van der Waals surface area contributed by atoms with Crippen LogP contribution < -0.4 is 10.6 Å². The lowest BCUT2D eigenvalue weighted by molar-refractivity contribution is -0.117. The smallest absolute Gasteiger partial charge is 0.262 e. The summed E-state index contributed by atoms with van der Waals surface area (Å²) in [6, 6.07) is 15.4. The van der Waals surface area contributed by atoms with Gasteiger partial charge in [-0.1, -0.05) is 35.9 Å². The molecule has 0 heterocycles. The number of nitrogens with zero attached hydrogens (tertiary/aromatic N) is 1. The summed E-state index contributed by atoms with van der Waals surface area (Å²) >= 11 is 6.03. The van der Waals surface area contributed by atoms with Gasteiger partial charge in [0.1, 0.15) is 11.6 Å². The Bertz CT molecular complexity index is 898. The van der Waals surface area contributed by atoms with Crippen molar-refractivity contribution < 1.29 is 9.59 Å². The summed E-state index contributed by atoms with van der Waals surface area (Å²) in [4.78, 5) is 24.3. The van der Waals surface area contributed by atoms with Gasteiger partial charge in [-0.25, -0.2) is 0 Å². The van der Waals surface area contributed by atoms with E-state index in [9.17, 15) is 14.9 Å². The van der Waals surface area contributed by atoms with Gasteiger partial charge in [0, 0.05) is 11.7 Å². The summed E-state index contributed by atoms with van der Waals surface area (Å²) in [6.45, 7) is 3.63. The van der Waals surface area contributed by atoms with Crippen LogP contribution in [0, 0.1) is 11.3 Å². The van der Waals surface area contributed by atoms with E-state index in [2.05, 4.69) is 10.6 Å². The predicted molar refractivity (Wildman–Crippen MR) is 103 cm³/mol. The fourth-order valence-corrected chi connectivity index (χ4v) is 2.43. The fraction of sp³-hybridized carbons (Fsp3) is 0.150. The summed E-state index contributed by atoms with van der Waals surface area (Å²) in [5, 5.41) is 15.0. The predicted octanol–water partition coefficient (Wildman–Crippen LogP) is 4.02. The number of anilines is 1. The van der Waals surface area contributed by atoms with E-state index in [1.807, 2.05) is 19.9 Å². The first-order valence-electron chi connectivity index (χ1n) is 7.99. The molecule has 2 rings (SSSR count). The van der Waals surface area contributed by atoms with Gasteiger partial charge in [0.05, 0.1) is 10.6 Å². The Morgan fingerprint density at radius 3 is 2.54 bits per heavy atom. The molecule has 0 aliphatic rings. The normalized spacial score (nSPS) is 11.0. The van der Waals surface area contributed by atoms with Crippen LogP contribution in [0.15, 0.2) is 54.1 Å². The van der Waals surface area contributed by atoms with Crippen molar-refractivity contribution in [1.82, 2.24) is 5.32 Å². The van der Waals surface area contributed by atoms with E-state index in [1.54, 1.807) is 48.5 Å². The van der Waals surface area contributed by atoms with Crippen molar-refractivity contribution in [2.45, 2.75) is 19.9 Å². The van der Waals surface area contributed by atoms with Crippen molar-refractivity contribution in [3.05, 3.63) is 70.3 Å². The largest absolute Gasteiger partial charge is 0.349 e. The first kappa shape index (κ1) is 19.2. The molecule has 2 aromatic carbocycles. The van der Waals surface area contributed by atoms with Gasteiger partial charge >= 0.3 is 0 Å². The monoisotopic (exact) mass is 367 g/mol. The number of rotatable bonds is 5. The van der Waals surface area contributed by atoms with Gasteiger partial charge in [0.2, 0.25) is 0 Å². The molecule has 6 heteroatoms. The van der Waals surface area contributed by atoms with Crippen molar-refractivity contribution in [1.29, 1.82) is 5.26 Å². The summed E-state index contributed by atoms with van der Waals surface area (Å²) in [7, 11) is 0. The molecular weight excluding hydrogens is 350 g/mol. The third-order valence-corrected chi connectivity index (χ3v) is 3.69. The molecule has 0 aliphatic carbocycles. The third kappa shape index (κ3) is 5.20. The number of hydrogen-bond donors (Lipinski definition) is 2. The summed E-state index contributed by atoms with van der Waals surface area (Å²) in [5.74, 6) is -0.775. The van der Waals surface area contributed by atoms with Gasteiger partial charge in [-0.2, -0.15) is 5.26 Å². The lowest BCUT2D eigenvalue weighted by atomic mass is 10.1. The summed E-state index contributed by atoms with van der Waals surface area (Å²) in [6.07, 6.45) is 1.48. The second-order valence-corrected chi connectivity index (χ2v) is 6.26. The molecule has 0 fully saturated rings. The number of nitriles is 1. The molecule has 26 heavy (non-hydrogen) atoms. The molecule has 0 bridgehead atoms. The Labute approximate surface area is 157 Å². The molecule has 0 radical (unpaired) electrons. The molecule has 5 nitrogen and oxygen atoms in total. The summed E-state index contributed by atoms with van der Waals surface area (Å²) in [5.41, 5.74) is 1.51. The van der Waals surface area contributed by atoms with Crippen LogP contribution in [0.25, 0.3) is 6.08 Å². The van der Waals surface area contributed by atoms with Crippen LogP contribution >= 0.6 is 11.6 Å². The van der Waals surface area contributed by atoms with Crippen LogP contribution in [0.2, 0.25) is 5.02 Å². The van der Waals surface area contributed by atoms with E-state index in [-0.39, 0.29) is 17.5 Å². The van der Waals surface area contributed by atoms with Gasteiger partial charge in [-0.05, 0) is 49.8 Å². The number of halogens is 1. The number of benzene rings is 2. The first-order valence-corrected chi connectivity index (χ1v) is 8.37. The molecule has 0 atom stereocenters. The minimum absolute atomic E-state index is 0.00622. The van der Waals surface area contributed by atoms with Crippen LogP contribution in [0.4, 0.5) is 5.69 Å². The Kier molecular flexibility index (Phi) is 6.54. The highest BCUT2D eigenvalue weighted by Gasteiger charge is 2.12. The van der Waals surface area contributed by atoms with Gasteiger partial charge in [-0.3, -0.25) is 9.59 Å². The van der Waals surface area contributed by atoms with E-state index in [0.717, 1.165) is 0 Å². The number of carbonyl (C=O) groups is 2. The molecule has 0 spiro atoms. The highest BCUT2D eigenvalue weighted by molar-refractivity contribution is 6.34. The molecular formula is C20H18ClN3O2. The molecule has 2 N–H and O–H groups in total. The van der Waals surface area contributed by atoms with Crippen LogP contribution in [-0.4, -0.2) is 17.9 Å². The minimum atomic E-state index is -0.437. The van der Waals surface area contributed by atoms with Crippen LogP contribution in [-0.2, 0) is 4.79 Å². The van der Waals surface area contributed by atoms with Crippen LogP contribution in [0.5, 0.6) is 0 Å². The zero-order chi connectivity index (χ0) is 19.1. The maximum Gasteiger partial charge on any atom is 0.262 e. The number of amides is 2. The van der Waals surface area contributed by atoms with Gasteiger partial charge < -0.3 is 10.6 Å². The van der Waals surface area contributed by atoms with E-state index in [0.29, 0.717) is 21.8 Å². The highest BCUT2D eigenvalue weighted by atomic mass is 35.5. The van der Waals surface area contributed by atoms with Crippen molar-refractivity contribution in [2.24, 2.45) is 0 Å². The third-order valence-electron chi connectivity index (χ3n) is 3.36. The van der Waals surface area contributed by atoms with Gasteiger partial charge in [-0.15, -0.1) is 0 Å². The van der Waals surface area contributed by atoms with Crippen molar-refractivity contribution in [3.8, 4) is 6.07 Å². The lowest BCUT2D eigenvalue weighted by Gasteiger charge is -2.08. The van der Waals surface area contributed by atoms with Crippen molar-refractivity contribution in [3.63, 3.8) is 0 Å². The zero-order valence-electron chi connectivity index (χ0n) is 14.4. The maximum absolute atomic E-state index is 12.3. The van der Waals surface area contributed by atoms with Crippen molar-refractivity contribution >= 4 is 35.2 Å². The Morgan fingerprint density at radius 1 is 1.15 bits per heavy atom. The zero-order valence-corrected chi connectivity index (χ0v) is 15.2. The SMILES string of the molecule is CC(C)NC(=O)C(C#N)=Cc1cccc(NC(=O)c2ccccc2Cl)c1. The van der Waals surface area contributed by atoms with E-state index >= 15 is 0 Å². The van der Waals surface area contributed by atoms with Gasteiger partial charge in [0.15, 0.2) is 0 Å². The number of carbonyl (C=O) groups excluding carboxylic acids is 2. The van der Waals surface area contributed by atoms with E-state index in [1.165, 1.54) is 6.08 Å². The molecule has 2 aromatic rings. The number of nitrogens with one attached hydrogen (secondary N) is 2. The Balaban J connectivity index is 2.21. The quantitative estimate of drug-likeness (QED) is 0.618. The minimum Gasteiger partial charge on any atom is -0.349 e. The molecule has 0 saturated carbocycles. The fourth-order valence-electron chi connectivity index (χ4n) is 2.21. The Morgan fingerprint density at radius 2 is 1.88 bits per heavy atom. The van der Waals surface area contributed by atoms with Gasteiger partial charge in [0.25, 0.3) is 11.8 Å². The standard InChI is InChI=1S/C20H18ClN3O2/c1-13(2)23-19(25)15(12-22)10-14-6-5-7-16(11-14)24-20(26)17-8-3-4-9-18(17)21/h3-11,13H,1-2H3,(H,23,25)(H,24,26). The molecule has 0 aliphatic heterocycles. The van der Waals surface area contributed by atoms with Crippen molar-refractivity contribution in [2.75, 3.05) is 5.32 Å². The lowest BCUT2D eigenvalue weighted by Crippen LogP contribution is -2.30. The highest BCUT2D eigenvalue weighted by Crippen LogP contribution is 2.19. The molecule has 0 aromatic heterocycles. The second kappa shape index (κ2) is 8.84.